The number of hydrogen-bond donors (Lipinski definition) is 0. The van der Waals surface area contributed by atoms with Gasteiger partial charge in [0.1, 0.15) is 0 Å². The zero-order valence-corrected chi connectivity index (χ0v) is 24.1. The molecule has 3 aromatic carbocycles. The van der Waals surface area contributed by atoms with E-state index in [0.717, 1.165) is 0 Å². The quantitative estimate of drug-likeness (QED) is 0.268. The van der Waals surface area contributed by atoms with E-state index in [4.69, 9.17) is 0 Å². The summed E-state index contributed by atoms with van der Waals surface area (Å²) in [7, 11) is 0. The third kappa shape index (κ3) is 2.38. The number of hydrogen-bond acceptors (Lipinski definition) is 0. The molecule has 0 saturated heterocycles. The van der Waals surface area contributed by atoms with Crippen LogP contribution < -0.4 is 13.3 Å². The summed E-state index contributed by atoms with van der Waals surface area (Å²) >= 11 is 2.43. The first-order valence-corrected chi connectivity index (χ1v) is 35.5. The van der Waals surface area contributed by atoms with Crippen LogP contribution >= 0.6 is 58.4 Å². The van der Waals surface area contributed by atoms with E-state index < -0.39 is 0 Å². The fourth-order valence-corrected chi connectivity index (χ4v) is 183. The molecule has 0 bridgehead atoms. The van der Waals surface area contributed by atoms with Gasteiger partial charge in [-0.15, -0.1) is 0 Å². The van der Waals surface area contributed by atoms with Crippen LogP contribution in [-0.4, -0.2) is 0 Å². The average molecular weight is 899 g/mol. The van der Waals surface area contributed by atoms with Crippen LogP contribution in [0, 0.1) is 0 Å². The molecule has 0 nitrogen and oxygen atoms in total. The van der Waals surface area contributed by atoms with Crippen LogP contribution in [0.25, 0.3) is 14.7 Å². The van der Waals surface area contributed by atoms with Gasteiger partial charge in [-0.1, -0.05) is 0 Å². The van der Waals surface area contributed by atoms with Gasteiger partial charge in [0.2, 0.25) is 0 Å². The number of halogens is 5. The van der Waals surface area contributed by atoms with E-state index in [-0.39, 0.29) is 22.0 Å². The predicted octanol–water partition coefficient (Wildman–Crippen LogP) is 5.33. The van der Waals surface area contributed by atoms with Gasteiger partial charge in [-0.05, 0) is 0 Å². The minimum absolute atomic E-state index is 0.0870. The van der Waals surface area contributed by atoms with Crippen molar-refractivity contribution in [2.24, 2.45) is 0 Å². The molecule has 0 atom stereocenters. The molecule has 1 aliphatic heterocycles. The van der Waals surface area contributed by atoms with Crippen molar-refractivity contribution in [3.63, 3.8) is 0 Å². The van der Waals surface area contributed by atoms with Crippen LogP contribution in [0.2, 0.25) is 0 Å². The van der Waals surface area contributed by atoms with Gasteiger partial charge in [0.25, 0.3) is 0 Å². The zero-order valence-electron chi connectivity index (χ0n) is 13.3. The average Bonchev–Trinajstić information content (AvgIpc) is 3.00. The summed E-state index contributed by atoms with van der Waals surface area (Å²) in [6, 6.07) is 28.1. The first-order chi connectivity index (χ1) is 12.9. The van der Waals surface area contributed by atoms with E-state index in [1.807, 2.05) is 7.16 Å². The predicted molar refractivity (Wildman–Crippen MR) is 141 cm³/mol. The molecule has 0 N–H and O–H groups in total. The van der Waals surface area contributed by atoms with Crippen LogP contribution in [0.4, 0.5) is 0 Å². The van der Waals surface area contributed by atoms with Crippen molar-refractivity contribution in [1.29, 1.82) is 0 Å². The van der Waals surface area contributed by atoms with Gasteiger partial charge in [-0.25, -0.2) is 0 Å². The molecular weight excluding hydrogens is 887 g/mol. The van der Waals surface area contributed by atoms with Crippen molar-refractivity contribution in [3.8, 4) is 11.1 Å². The summed E-state index contributed by atoms with van der Waals surface area (Å²) in [4.78, 5) is 0. The first-order valence-electron chi connectivity index (χ1n) is 8.18. The normalized spacial score (nSPS) is 19.2. The fraction of sp³-hybridized carbons (Fsp3) is 0.0476. The van der Waals surface area contributed by atoms with Crippen molar-refractivity contribution >= 4 is 62.0 Å². The van der Waals surface area contributed by atoms with Crippen LogP contribution in [0.3, 0.4) is 0 Å². The summed E-state index contributed by atoms with van der Waals surface area (Å²) < 4.78 is 3.86. The molecule has 0 amide bonds. The van der Waals surface area contributed by atoms with Gasteiger partial charge in [-0.3, -0.25) is 0 Å². The Balaban J connectivity index is 1.85. The van der Waals surface area contributed by atoms with Gasteiger partial charge in [-0.2, -0.15) is 0 Å². The number of rotatable bonds is 0. The van der Waals surface area contributed by atoms with Gasteiger partial charge in [0.05, 0.1) is 0 Å². The van der Waals surface area contributed by atoms with E-state index in [1.165, 1.54) is 11.1 Å². The number of benzene rings is 3. The maximum atomic E-state index is 2.46. The van der Waals surface area contributed by atoms with Gasteiger partial charge in [0.15, 0.2) is 0 Å². The second kappa shape index (κ2) is 7.08. The van der Waals surface area contributed by atoms with Crippen LogP contribution in [-0.2, 0) is 5.41 Å². The Morgan fingerprint density at radius 2 is 1.08 bits per heavy atom. The molecule has 3 aromatic rings. The Hall–Kier alpha value is 1.05. The second-order valence-corrected chi connectivity index (χ2v) is 63.5. The second-order valence-electron chi connectivity index (χ2n) is 6.32. The Labute approximate surface area is 186 Å². The summed E-state index contributed by atoms with van der Waals surface area (Å²) in [5.41, 5.74) is 9.51. The maximum absolute atomic E-state index is 2.46. The molecule has 0 saturated carbocycles. The molecule has 3 aliphatic rings. The van der Waals surface area contributed by atoms with E-state index in [0.29, 0.717) is 55.1 Å². The molecule has 26 heavy (non-hydrogen) atoms. The first kappa shape index (κ1) is 17.9. The molecule has 0 unspecified atom stereocenters. The third-order valence-corrected chi connectivity index (χ3v) is 114. The monoisotopic (exact) mass is 899 g/mol. The van der Waals surface area contributed by atoms with E-state index in [2.05, 4.69) is 72.8 Å². The Bertz CT molecular complexity index is 1130. The molecule has 2 aliphatic carbocycles. The number of fused-ring (bicyclic) bond motifs is 9. The minimum atomic E-state index is 0.0870. The van der Waals surface area contributed by atoms with Crippen LogP contribution in [0.1, 0.15) is 22.3 Å². The third-order valence-electron chi connectivity index (χ3n) is 5.28. The molecule has 6 rings (SSSR count). The Morgan fingerprint density at radius 1 is 0.577 bits per heavy atom. The van der Waals surface area contributed by atoms with Crippen molar-refractivity contribution in [2.45, 2.75) is 5.41 Å². The van der Waals surface area contributed by atoms with Crippen molar-refractivity contribution in [1.82, 2.24) is 0 Å². The van der Waals surface area contributed by atoms with Crippen LogP contribution in [0.5, 0.6) is 0 Å². The fourth-order valence-electron chi connectivity index (χ4n) is 4.40. The molecule has 5 heteroatoms. The van der Waals surface area contributed by atoms with Crippen LogP contribution in [0.15, 0.2) is 76.4 Å². The molecule has 0 aromatic heterocycles. The summed E-state index contributed by atoms with van der Waals surface area (Å²) in [5, 5.41) is 0. The standard InChI is InChI=1S/C21H12I5/c1-4-10-16-13(7-1)14-8-2-5-11-17(14)21(16)18-12-6-3-9-15(18)19-20(21)23-25-26-24-22-19/h1-12H/q-1. The molecule has 1 heterocycles. The summed E-state index contributed by atoms with van der Waals surface area (Å²) in [6.07, 6.45) is 0. The van der Waals surface area contributed by atoms with Gasteiger partial charge in [0, 0.05) is 0 Å². The van der Waals surface area contributed by atoms with Crippen molar-refractivity contribution < 1.29 is 13.3 Å². The Kier molecular flexibility index (Phi) is 4.87. The van der Waals surface area contributed by atoms with E-state index in [1.54, 1.807) is 22.3 Å². The molecule has 1 spiro atoms. The van der Waals surface area contributed by atoms with Crippen molar-refractivity contribution in [2.75, 3.05) is 0 Å². The summed E-state index contributed by atoms with van der Waals surface area (Å²) in [5.74, 6) is 0. The van der Waals surface area contributed by atoms with E-state index in [9.17, 15) is 0 Å². The van der Waals surface area contributed by atoms with E-state index >= 15 is 0 Å². The van der Waals surface area contributed by atoms with Gasteiger partial charge < -0.3 is 0 Å². The molecule has 132 valence electrons. The SMILES string of the molecule is c1ccc2c(c1)C1=C(I=I[I-]I=I1)C21c2ccccc2-c2ccccc21. The summed E-state index contributed by atoms with van der Waals surface area (Å²) in [6.45, 7) is 0. The zero-order chi connectivity index (χ0) is 17.1. The molecular formula is C21H12I5-. The van der Waals surface area contributed by atoms with Gasteiger partial charge >= 0.3 is 190 Å². The molecule has 0 radical (unpaired) electrons. The topological polar surface area (TPSA) is 0 Å². The Morgan fingerprint density at radius 3 is 1.73 bits per heavy atom. The van der Waals surface area contributed by atoms with Crippen molar-refractivity contribution in [3.05, 3.63) is 98.6 Å². The molecule has 0 fully saturated rings. The number of allylic oxidation sites excluding steroid dienone is 1.